The second kappa shape index (κ2) is 9.72. The number of rotatable bonds is 8. The predicted molar refractivity (Wildman–Crippen MR) is 115 cm³/mol. The van der Waals surface area contributed by atoms with Crippen molar-refractivity contribution < 1.29 is 22.5 Å². The van der Waals surface area contributed by atoms with Crippen LogP contribution in [0.3, 0.4) is 0 Å². The molecular weight excluding hydrogens is 423 g/mol. The Morgan fingerprint density at radius 2 is 1.61 bits per heavy atom. The van der Waals surface area contributed by atoms with E-state index in [4.69, 9.17) is 4.43 Å². The van der Waals surface area contributed by atoms with Gasteiger partial charge in [0.1, 0.15) is 0 Å². The molecule has 0 saturated carbocycles. The Morgan fingerprint density at radius 3 is 2.19 bits per heavy atom. The third-order valence-electron chi connectivity index (χ3n) is 4.94. The van der Waals surface area contributed by atoms with Gasteiger partial charge in [-0.3, -0.25) is 10.1 Å². The van der Waals surface area contributed by atoms with E-state index in [2.05, 4.69) is 6.58 Å². The number of alkyl halides is 3. The molecule has 0 aliphatic heterocycles. The van der Waals surface area contributed by atoms with Crippen LogP contribution in [-0.4, -0.2) is 14.0 Å². The molecule has 3 rings (SSSR count). The van der Waals surface area contributed by atoms with Crippen molar-refractivity contribution in [3.63, 3.8) is 0 Å². The van der Waals surface area contributed by atoms with Crippen LogP contribution in [0.15, 0.2) is 91.5 Å². The van der Waals surface area contributed by atoms with Gasteiger partial charge in [-0.05, 0) is 28.9 Å². The van der Waals surface area contributed by atoms with Crippen LogP contribution >= 0.6 is 0 Å². The summed E-state index contributed by atoms with van der Waals surface area (Å²) in [5.74, 6) is 0. The lowest BCUT2D eigenvalue weighted by Crippen LogP contribution is -2.39. The van der Waals surface area contributed by atoms with Crippen LogP contribution in [0.5, 0.6) is 0 Å². The van der Waals surface area contributed by atoms with Crippen LogP contribution in [0.1, 0.15) is 22.2 Å². The highest BCUT2D eigenvalue weighted by Crippen LogP contribution is 2.31. The molecule has 0 radical (unpaired) electrons. The van der Waals surface area contributed by atoms with Crippen molar-refractivity contribution in [1.82, 2.24) is 0 Å². The van der Waals surface area contributed by atoms with Gasteiger partial charge in [0.05, 0.1) is 22.7 Å². The highest BCUT2D eigenvalue weighted by atomic mass is 28.3. The third-order valence-corrected chi connectivity index (χ3v) is 7.81. The van der Waals surface area contributed by atoms with Gasteiger partial charge in [-0.1, -0.05) is 60.7 Å². The topological polar surface area (TPSA) is 52.4 Å². The zero-order valence-electron chi connectivity index (χ0n) is 16.5. The van der Waals surface area contributed by atoms with Crippen LogP contribution in [0.4, 0.5) is 18.9 Å². The van der Waals surface area contributed by atoms with Gasteiger partial charge in [0, 0.05) is 11.6 Å². The van der Waals surface area contributed by atoms with Crippen LogP contribution in [0, 0.1) is 10.1 Å². The minimum atomic E-state index is -4.42. The summed E-state index contributed by atoms with van der Waals surface area (Å²) in [4.78, 5) is 10.9. The summed E-state index contributed by atoms with van der Waals surface area (Å²) in [6.07, 6.45) is -2.74. The molecule has 0 aromatic heterocycles. The molecule has 0 aliphatic carbocycles. The number of nitro groups is 1. The van der Waals surface area contributed by atoms with Crippen molar-refractivity contribution in [2.75, 3.05) is 0 Å². The molecule has 8 heteroatoms. The van der Waals surface area contributed by atoms with Crippen molar-refractivity contribution >= 4 is 19.9 Å². The largest absolute Gasteiger partial charge is 0.416 e. The van der Waals surface area contributed by atoms with Gasteiger partial charge in [0.15, 0.2) is 0 Å². The third kappa shape index (κ3) is 5.47. The molecular formula is C23H20F3NO3Si. The lowest BCUT2D eigenvalue weighted by Gasteiger charge is -2.25. The first kappa shape index (κ1) is 22.5. The molecule has 0 N–H and O–H groups in total. The first-order chi connectivity index (χ1) is 14.8. The fourth-order valence-electron chi connectivity index (χ4n) is 3.37. The summed E-state index contributed by atoms with van der Waals surface area (Å²) >= 11 is 0. The predicted octanol–water partition coefficient (Wildman–Crippen LogP) is 5.27. The molecule has 4 nitrogen and oxygen atoms in total. The fourth-order valence-corrected chi connectivity index (χ4v) is 5.96. The van der Waals surface area contributed by atoms with Crippen LogP contribution < -0.4 is 5.19 Å². The number of para-hydroxylation sites is 1. The second-order valence-electron chi connectivity index (χ2n) is 6.91. The van der Waals surface area contributed by atoms with Crippen molar-refractivity contribution in [1.29, 1.82) is 0 Å². The molecule has 3 aromatic carbocycles. The number of hydrogen-bond donors (Lipinski definition) is 0. The number of halogens is 3. The maximum Gasteiger partial charge on any atom is 0.416 e. The Balaban J connectivity index is 1.93. The SMILES string of the molecule is C=CC(c1ccc(C(F)(F)F)cc1)[SiH](OCc1ccccc1[N+](=O)[O-])c1ccccc1. The Morgan fingerprint density at radius 1 is 1.00 bits per heavy atom. The summed E-state index contributed by atoms with van der Waals surface area (Å²) in [6, 6.07) is 20.7. The summed E-state index contributed by atoms with van der Waals surface area (Å²) < 4.78 is 45.1. The maximum absolute atomic E-state index is 12.9. The standard InChI is InChI=1S/C23H20F3NO3Si/c1-2-22(17-12-14-19(15-13-17)23(24,25)26)31(20-9-4-3-5-10-20)30-16-18-8-6-7-11-21(18)27(28)29/h2-15,22,31H,1,16H2. The van der Waals surface area contributed by atoms with Crippen molar-refractivity contribution in [3.05, 3.63) is 118 Å². The van der Waals surface area contributed by atoms with Crippen LogP contribution in [0.2, 0.25) is 0 Å². The second-order valence-corrected chi connectivity index (χ2v) is 9.47. The number of allylic oxidation sites excluding steroid dienone is 1. The average Bonchev–Trinajstić information content (AvgIpc) is 2.77. The van der Waals surface area contributed by atoms with Gasteiger partial charge in [0.2, 0.25) is 9.04 Å². The lowest BCUT2D eigenvalue weighted by molar-refractivity contribution is -0.385. The summed E-state index contributed by atoms with van der Waals surface area (Å²) in [5, 5.41) is 12.2. The van der Waals surface area contributed by atoms with Crippen molar-refractivity contribution in [2.24, 2.45) is 0 Å². The van der Waals surface area contributed by atoms with Gasteiger partial charge >= 0.3 is 6.18 Å². The van der Waals surface area contributed by atoms with Gasteiger partial charge in [-0.25, -0.2) is 0 Å². The maximum atomic E-state index is 12.9. The molecule has 0 heterocycles. The van der Waals surface area contributed by atoms with E-state index in [0.29, 0.717) is 11.1 Å². The van der Waals surface area contributed by atoms with E-state index in [1.54, 1.807) is 24.3 Å². The van der Waals surface area contributed by atoms with E-state index in [1.165, 1.54) is 18.2 Å². The molecule has 2 unspecified atom stereocenters. The summed E-state index contributed by atoms with van der Waals surface area (Å²) in [6.45, 7) is 3.90. The minimum absolute atomic E-state index is 0.0217. The molecule has 0 fully saturated rings. The number of nitrogens with zero attached hydrogens (tertiary/aromatic N) is 1. The number of nitro benzene ring substituents is 1. The molecule has 0 bridgehead atoms. The molecule has 2 atom stereocenters. The average molecular weight is 443 g/mol. The smallest absolute Gasteiger partial charge is 0.410 e. The Hall–Kier alpha value is -3.23. The Kier molecular flexibility index (Phi) is 7.04. The minimum Gasteiger partial charge on any atom is -0.410 e. The molecule has 0 aliphatic rings. The monoisotopic (exact) mass is 443 g/mol. The van der Waals surface area contributed by atoms with Crippen molar-refractivity contribution in [3.8, 4) is 0 Å². The zero-order chi connectivity index (χ0) is 22.4. The van der Waals surface area contributed by atoms with Gasteiger partial charge in [-0.15, -0.1) is 6.58 Å². The fraction of sp³-hybridized carbons (Fsp3) is 0.130. The van der Waals surface area contributed by atoms with Gasteiger partial charge in [-0.2, -0.15) is 13.2 Å². The molecule has 3 aromatic rings. The first-order valence-electron chi connectivity index (χ1n) is 9.50. The van der Waals surface area contributed by atoms with Crippen LogP contribution in [0.25, 0.3) is 0 Å². The first-order valence-corrected chi connectivity index (χ1v) is 11.2. The molecule has 0 spiro atoms. The van der Waals surface area contributed by atoms with E-state index >= 15 is 0 Å². The van der Waals surface area contributed by atoms with Gasteiger partial charge < -0.3 is 4.43 Å². The van der Waals surface area contributed by atoms with E-state index in [9.17, 15) is 23.3 Å². The molecule has 0 amide bonds. The molecule has 160 valence electrons. The van der Waals surface area contributed by atoms with Crippen LogP contribution in [-0.2, 0) is 17.2 Å². The summed E-state index contributed by atoms with van der Waals surface area (Å²) in [7, 11) is -2.34. The highest BCUT2D eigenvalue weighted by Gasteiger charge is 2.31. The van der Waals surface area contributed by atoms with Gasteiger partial charge in [0.25, 0.3) is 5.69 Å². The normalized spacial score (nSPS) is 13.4. The van der Waals surface area contributed by atoms with E-state index in [-0.39, 0.29) is 17.8 Å². The van der Waals surface area contributed by atoms with E-state index in [1.807, 2.05) is 30.3 Å². The molecule has 0 saturated heterocycles. The Labute approximate surface area is 179 Å². The highest BCUT2D eigenvalue weighted by molar-refractivity contribution is 6.69. The number of hydrogen-bond acceptors (Lipinski definition) is 3. The number of benzene rings is 3. The lowest BCUT2D eigenvalue weighted by atomic mass is 10.1. The summed E-state index contributed by atoms with van der Waals surface area (Å²) in [5.41, 5.74) is 0.0144. The van der Waals surface area contributed by atoms with E-state index in [0.717, 1.165) is 17.3 Å². The van der Waals surface area contributed by atoms with E-state index < -0.39 is 25.7 Å². The zero-order valence-corrected chi connectivity index (χ0v) is 17.6. The Bertz CT molecular complexity index is 1040. The quantitative estimate of drug-likeness (QED) is 0.206. The van der Waals surface area contributed by atoms with Crippen molar-refractivity contribution in [2.45, 2.75) is 18.3 Å². The molecule has 31 heavy (non-hydrogen) atoms.